The van der Waals surface area contributed by atoms with Crippen LogP contribution in [0.3, 0.4) is 0 Å². The van der Waals surface area contributed by atoms with Gasteiger partial charge in [-0.1, -0.05) is 48.5 Å². The smallest absolute Gasteiger partial charge is 0.250 e. The summed E-state index contributed by atoms with van der Waals surface area (Å²) in [5.74, 6) is -0.308. The number of aromatic nitrogens is 2. The Morgan fingerprint density at radius 3 is 2.41 bits per heavy atom. The fourth-order valence-electron chi connectivity index (χ4n) is 4.58. The molecule has 3 amide bonds. The minimum absolute atomic E-state index is 0.0769. The molecular formula is C30H38N6O5. The van der Waals surface area contributed by atoms with Crippen molar-refractivity contribution in [2.75, 3.05) is 32.1 Å². The summed E-state index contributed by atoms with van der Waals surface area (Å²) in [6.45, 7) is 4.66. The van der Waals surface area contributed by atoms with Gasteiger partial charge in [0.05, 0.1) is 32.2 Å². The Kier molecular flexibility index (Phi) is 9.74. The molecule has 4 N–H and O–H groups in total. The molecule has 3 aromatic rings. The first-order chi connectivity index (χ1) is 19.7. The van der Waals surface area contributed by atoms with Gasteiger partial charge in [0.25, 0.3) is 5.91 Å². The lowest BCUT2D eigenvalue weighted by Crippen LogP contribution is -2.56. The van der Waals surface area contributed by atoms with Gasteiger partial charge in [-0.15, -0.1) is 0 Å². The Balaban J connectivity index is 1.53. The van der Waals surface area contributed by atoms with E-state index in [1.807, 2.05) is 53.4 Å². The third kappa shape index (κ3) is 7.71. The van der Waals surface area contributed by atoms with Gasteiger partial charge in [0.1, 0.15) is 17.8 Å². The van der Waals surface area contributed by atoms with E-state index >= 15 is 0 Å². The maximum atomic E-state index is 13.7. The van der Waals surface area contributed by atoms with Gasteiger partial charge in [0.15, 0.2) is 5.82 Å². The van der Waals surface area contributed by atoms with Gasteiger partial charge >= 0.3 is 0 Å². The fourth-order valence-corrected chi connectivity index (χ4v) is 4.58. The second-order valence-corrected chi connectivity index (χ2v) is 10.6. The van der Waals surface area contributed by atoms with Crippen LogP contribution in [0.2, 0.25) is 0 Å². The van der Waals surface area contributed by atoms with Gasteiger partial charge in [-0.3, -0.25) is 14.4 Å². The van der Waals surface area contributed by atoms with Crippen LogP contribution in [0, 0.1) is 0 Å². The van der Waals surface area contributed by atoms with Crippen LogP contribution in [0.1, 0.15) is 43.9 Å². The van der Waals surface area contributed by atoms with Gasteiger partial charge in [-0.2, -0.15) is 0 Å². The number of ether oxygens (including phenoxy) is 2. The van der Waals surface area contributed by atoms with Crippen molar-refractivity contribution in [1.82, 2.24) is 19.8 Å². The summed E-state index contributed by atoms with van der Waals surface area (Å²) in [4.78, 5) is 45.8. The summed E-state index contributed by atoms with van der Waals surface area (Å²) in [5, 5.41) is 5.42. The SMILES string of the molecule is COc1ccccc1C(C(=O)N1CCCC1)n1cnc(NC(=O)[C@@H](COCc2ccccc2)NC(=O)C(C)(C)N)c1. The predicted octanol–water partition coefficient (Wildman–Crippen LogP) is 2.48. The van der Waals surface area contributed by atoms with Crippen LogP contribution in [0.15, 0.2) is 67.1 Å². The fraction of sp³-hybridized carbons (Fsp3) is 0.400. The first-order valence-electron chi connectivity index (χ1n) is 13.6. The van der Waals surface area contributed by atoms with E-state index in [0.717, 1.165) is 18.4 Å². The average molecular weight is 563 g/mol. The van der Waals surface area contributed by atoms with Crippen LogP contribution >= 0.6 is 0 Å². The van der Waals surface area contributed by atoms with Gasteiger partial charge in [0, 0.05) is 24.8 Å². The molecule has 11 nitrogen and oxygen atoms in total. The van der Waals surface area contributed by atoms with Crippen molar-refractivity contribution in [1.29, 1.82) is 0 Å². The molecule has 4 rings (SSSR count). The summed E-state index contributed by atoms with van der Waals surface area (Å²) in [5.41, 5.74) is 6.37. The number of nitrogens with one attached hydrogen (secondary N) is 2. The molecule has 2 atom stereocenters. The van der Waals surface area contributed by atoms with Crippen LogP contribution in [0.5, 0.6) is 5.75 Å². The number of nitrogens with zero attached hydrogens (tertiary/aromatic N) is 3. The number of benzene rings is 2. The Labute approximate surface area is 240 Å². The third-order valence-corrected chi connectivity index (χ3v) is 6.84. The van der Waals surface area contributed by atoms with Gasteiger partial charge in [-0.25, -0.2) is 4.98 Å². The summed E-state index contributed by atoms with van der Waals surface area (Å²) in [6.07, 6.45) is 5.01. The number of amides is 3. The molecule has 2 aromatic carbocycles. The molecule has 41 heavy (non-hydrogen) atoms. The van der Waals surface area contributed by atoms with Crippen molar-refractivity contribution in [2.24, 2.45) is 5.73 Å². The molecule has 1 aromatic heterocycles. The topological polar surface area (TPSA) is 141 Å². The van der Waals surface area contributed by atoms with Crippen LogP contribution < -0.4 is 21.1 Å². The molecule has 0 bridgehead atoms. The van der Waals surface area contributed by atoms with Crippen molar-refractivity contribution in [3.05, 3.63) is 78.2 Å². The lowest BCUT2D eigenvalue weighted by Gasteiger charge is -2.25. The molecule has 0 spiro atoms. The molecule has 1 unspecified atom stereocenters. The maximum Gasteiger partial charge on any atom is 0.250 e. The average Bonchev–Trinajstić information content (AvgIpc) is 3.66. The van der Waals surface area contributed by atoms with Crippen molar-refractivity contribution in [3.63, 3.8) is 0 Å². The predicted molar refractivity (Wildman–Crippen MR) is 154 cm³/mol. The second kappa shape index (κ2) is 13.4. The number of rotatable bonds is 12. The van der Waals surface area contributed by atoms with E-state index in [9.17, 15) is 14.4 Å². The van der Waals surface area contributed by atoms with Crippen molar-refractivity contribution in [2.45, 2.75) is 50.9 Å². The number of anilines is 1. The molecule has 0 saturated carbocycles. The standard InChI is InChI=1S/C30H38N6O5/c1-30(2,31)29(39)33-23(19-41-18-21-11-5-4-6-12-21)27(37)34-25-17-36(20-32-25)26(28(38)35-15-9-10-16-35)22-13-7-8-14-24(22)40-3/h4-8,11-14,17,20,23,26H,9-10,15-16,18-19,31H2,1-3H3,(H,33,39)(H,34,37)/t23-,26?/m1/s1. The highest BCUT2D eigenvalue weighted by molar-refractivity contribution is 5.98. The summed E-state index contributed by atoms with van der Waals surface area (Å²) >= 11 is 0. The highest BCUT2D eigenvalue weighted by Crippen LogP contribution is 2.31. The molecule has 0 radical (unpaired) electrons. The number of nitrogens with two attached hydrogens (primary N) is 1. The lowest BCUT2D eigenvalue weighted by atomic mass is 10.0. The van der Waals surface area contributed by atoms with E-state index in [1.165, 1.54) is 6.33 Å². The Bertz CT molecular complexity index is 1330. The number of carbonyl (C=O) groups is 3. The number of para-hydroxylation sites is 1. The molecular weight excluding hydrogens is 524 g/mol. The molecule has 1 aliphatic heterocycles. The molecule has 218 valence electrons. The van der Waals surface area contributed by atoms with Crippen LogP contribution in [-0.4, -0.2) is 70.6 Å². The first kappa shape index (κ1) is 29.8. The highest BCUT2D eigenvalue weighted by Gasteiger charge is 2.32. The number of hydrogen-bond donors (Lipinski definition) is 3. The molecule has 1 saturated heterocycles. The number of likely N-dealkylation sites (tertiary alicyclic amines) is 1. The number of methoxy groups -OCH3 is 1. The van der Waals surface area contributed by atoms with E-state index in [-0.39, 0.29) is 24.9 Å². The van der Waals surface area contributed by atoms with Gasteiger partial charge in [0.2, 0.25) is 11.8 Å². The zero-order chi connectivity index (χ0) is 29.4. The Morgan fingerprint density at radius 1 is 1.05 bits per heavy atom. The zero-order valence-electron chi connectivity index (χ0n) is 23.7. The number of imidazole rings is 1. The zero-order valence-corrected chi connectivity index (χ0v) is 23.7. The van der Waals surface area contributed by atoms with Gasteiger partial charge < -0.3 is 35.3 Å². The van der Waals surface area contributed by atoms with Crippen LogP contribution in [-0.2, 0) is 25.7 Å². The molecule has 2 heterocycles. The minimum Gasteiger partial charge on any atom is -0.496 e. The maximum absolute atomic E-state index is 13.7. The summed E-state index contributed by atoms with van der Waals surface area (Å²) in [6, 6.07) is 15.1. The third-order valence-electron chi connectivity index (χ3n) is 6.84. The van der Waals surface area contributed by atoms with E-state index in [0.29, 0.717) is 24.4 Å². The van der Waals surface area contributed by atoms with Crippen LogP contribution in [0.4, 0.5) is 5.82 Å². The van der Waals surface area contributed by atoms with Crippen molar-refractivity contribution in [3.8, 4) is 5.75 Å². The van der Waals surface area contributed by atoms with E-state index in [2.05, 4.69) is 15.6 Å². The quantitative estimate of drug-likeness (QED) is 0.308. The molecule has 11 heteroatoms. The normalized spacial score (nSPS) is 14.8. The van der Waals surface area contributed by atoms with E-state index < -0.39 is 29.4 Å². The largest absolute Gasteiger partial charge is 0.496 e. The Hall–Kier alpha value is -4.22. The second-order valence-electron chi connectivity index (χ2n) is 10.6. The van der Waals surface area contributed by atoms with E-state index in [1.54, 1.807) is 37.8 Å². The monoisotopic (exact) mass is 562 g/mol. The minimum atomic E-state index is -1.20. The van der Waals surface area contributed by atoms with Crippen molar-refractivity contribution >= 4 is 23.5 Å². The molecule has 1 fully saturated rings. The Morgan fingerprint density at radius 2 is 1.73 bits per heavy atom. The molecule has 1 aliphatic rings. The van der Waals surface area contributed by atoms with Crippen LogP contribution in [0.25, 0.3) is 0 Å². The number of hydrogen-bond acceptors (Lipinski definition) is 7. The number of carbonyl (C=O) groups excluding carboxylic acids is 3. The van der Waals surface area contributed by atoms with Crippen molar-refractivity contribution < 1.29 is 23.9 Å². The molecule has 0 aliphatic carbocycles. The lowest BCUT2D eigenvalue weighted by molar-refractivity contribution is -0.132. The summed E-state index contributed by atoms with van der Waals surface area (Å²) in [7, 11) is 1.56. The first-order valence-corrected chi connectivity index (χ1v) is 13.6. The summed E-state index contributed by atoms with van der Waals surface area (Å²) < 4.78 is 13.0. The highest BCUT2D eigenvalue weighted by atomic mass is 16.5. The van der Waals surface area contributed by atoms with Gasteiger partial charge in [-0.05, 0) is 38.3 Å². The van der Waals surface area contributed by atoms with E-state index in [4.69, 9.17) is 15.2 Å².